The van der Waals surface area contributed by atoms with Crippen LogP contribution in [0.4, 0.5) is 10.1 Å². The van der Waals surface area contributed by atoms with Crippen molar-refractivity contribution >= 4 is 5.69 Å². The summed E-state index contributed by atoms with van der Waals surface area (Å²) in [6.07, 6.45) is 5.80. The Morgan fingerprint density at radius 1 is 1.38 bits per heavy atom. The predicted octanol–water partition coefficient (Wildman–Crippen LogP) is 0.989. The zero-order valence-corrected chi connectivity index (χ0v) is 6.68. The highest BCUT2D eigenvalue weighted by Gasteiger charge is 2.06. The van der Waals surface area contributed by atoms with E-state index in [4.69, 9.17) is 5.73 Å². The molecule has 0 saturated carbocycles. The maximum atomic E-state index is 12.9. The van der Waals surface area contributed by atoms with Gasteiger partial charge in [-0.05, 0) is 6.07 Å². The lowest BCUT2D eigenvalue weighted by Gasteiger charge is -2.04. The van der Waals surface area contributed by atoms with Gasteiger partial charge in [0, 0.05) is 12.4 Å². The zero-order chi connectivity index (χ0) is 9.26. The highest BCUT2D eigenvalue weighted by molar-refractivity contribution is 5.56. The van der Waals surface area contributed by atoms with E-state index >= 15 is 0 Å². The Morgan fingerprint density at radius 2 is 2.23 bits per heavy atom. The standard InChI is InChI=1S/C8H7FN4/c9-6-4-11-5-7(8(6)10)13-3-1-2-12-13/h1-5H,(H2,10,11). The fraction of sp³-hybridized carbons (Fsp3) is 0. The minimum absolute atomic E-state index is 0.0544. The molecular weight excluding hydrogens is 171 g/mol. The Morgan fingerprint density at radius 3 is 2.92 bits per heavy atom. The molecular formula is C8H7FN4. The minimum atomic E-state index is -0.534. The highest BCUT2D eigenvalue weighted by Crippen LogP contribution is 2.17. The van der Waals surface area contributed by atoms with Crippen molar-refractivity contribution in [3.63, 3.8) is 0 Å². The first-order valence-corrected chi connectivity index (χ1v) is 3.68. The molecule has 0 spiro atoms. The molecule has 0 atom stereocenters. The van der Waals surface area contributed by atoms with Crippen LogP contribution in [0.25, 0.3) is 5.69 Å². The summed E-state index contributed by atoms with van der Waals surface area (Å²) >= 11 is 0. The number of aromatic nitrogens is 3. The Bertz CT molecular complexity index is 410. The van der Waals surface area contributed by atoms with E-state index < -0.39 is 5.82 Å². The fourth-order valence-corrected chi connectivity index (χ4v) is 1.03. The average Bonchev–Trinajstić information content (AvgIpc) is 2.62. The van der Waals surface area contributed by atoms with Gasteiger partial charge >= 0.3 is 0 Å². The van der Waals surface area contributed by atoms with Gasteiger partial charge in [0.1, 0.15) is 5.69 Å². The molecule has 0 saturated heterocycles. The van der Waals surface area contributed by atoms with Crippen molar-refractivity contribution in [3.05, 3.63) is 36.7 Å². The molecule has 2 aromatic rings. The summed E-state index contributed by atoms with van der Waals surface area (Å²) in [5.74, 6) is -0.534. The number of pyridine rings is 1. The molecule has 66 valence electrons. The molecule has 0 aromatic carbocycles. The van der Waals surface area contributed by atoms with Crippen LogP contribution in [-0.2, 0) is 0 Å². The lowest BCUT2D eigenvalue weighted by molar-refractivity contribution is 0.623. The van der Waals surface area contributed by atoms with E-state index in [-0.39, 0.29) is 5.69 Å². The van der Waals surface area contributed by atoms with Crippen LogP contribution in [0.5, 0.6) is 0 Å². The summed E-state index contributed by atoms with van der Waals surface area (Å²) in [5, 5.41) is 3.92. The number of rotatable bonds is 1. The summed E-state index contributed by atoms with van der Waals surface area (Å²) in [6, 6.07) is 1.73. The third-order valence-electron chi connectivity index (χ3n) is 1.67. The van der Waals surface area contributed by atoms with E-state index in [1.807, 2.05) is 0 Å². The van der Waals surface area contributed by atoms with E-state index in [9.17, 15) is 4.39 Å². The molecule has 0 fully saturated rings. The molecule has 2 N–H and O–H groups in total. The molecule has 0 aliphatic heterocycles. The van der Waals surface area contributed by atoms with E-state index in [2.05, 4.69) is 10.1 Å². The van der Waals surface area contributed by atoms with E-state index in [0.717, 1.165) is 6.20 Å². The third-order valence-corrected chi connectivity index (χ3v) is 1.67. The van der Waals surface area contributed by atoms with Gasteiger partial charge in [-0.3, -0.25) is 4.98 Å². The monoisotopic (exact) mass is 178 g/mol. The van der Waals surface area contributed by atoms with Crippen molar-refractivity contribution in [2.45, 2.75) is 0 Å². The van der Waals surface area contributed by atoms with Crippen LogP contribution in [-0.4, -0.2) is 14.8 Å². The molecule has 0 radical (unpaired) electrons. The summed E-state index contributed by atoms with van der Waals surface area (Å²) in [7, 11) is 0. The van der Waals surface area contributed by atoms with Crippen molar-refractivity contribution in [1.82, 2.24) is 14.8 Å². The molecule has 4 nitrogen and oxygen atoms in total. The van der Waals surface area contributed by atoms with Crippen LogP contribution in [0.1, 0.15) is 0 Å². The molecule has 2 aromatic heterocycles. The summed E-state index contributed by atoms with van der Waals surface area (Å²) < 4.78 is 14.4. The SMILES string of the molecule is Nc1c(F)cncc1-n1cccn1. The van der Waals surface area contributed by atoms with Gasteiger partial charge in [0.05, 0.1) is 18.1 Å². The van der Waals surface area contributed by atoms with Crippen molar-refractivity contribution in [2.24, 2.45) is 0 Å². The summed E-state index contributed by atoms with van der Waals surface area (Å²) in [4.78, 5) is 3.69. The molecule has 5 heteroatoms. The number of nitrogens with zero attached hydrogens (tertiary/aromatic N) is 3. The Kier molecular flexibility index (Phi) is 1.70. The van der Waals surface area contributed by atoms with E-state index in [1.165, 1.54) is 10.9 Å². The summed E-state index contributed by atoms with van der Waals surface area (Å²) in [6.45, 7) is 0. The lowest BCUT2D eigenvalue weighted by atomic mass is 10.3. The van der Waals surface area contributed by atoms with Crippen molar-refractivity contribution < 1.29 is 4.39 Å². The van der Waals surface area contributed by atoms with Gasteiger partial charge in [-0.2, -0.15) is 5.10 Å². The van der Waals surface area contributed by atoms with Crippen molar-refractivity contribution in [2.75, 3.05) is 5.73 Å². The van der Waals surface area contributed by atoms with Crippen LogP contribution in [0, 0.1) is 5.82 Å². The van der Waals surface area contributed by atoms with E-state index in [0.29, 0.717) is 5.69 Å². The first-order chi connectivity index (χ1) is 6.29. The van der Waals surface area contributed by atoms with Crippen molar-refractivity contribution in [1.29, 1.82) is 0 Å². The lowest BCUT2D eigenvalue weighted by Crippen LogP contribution is -2.03. The molecule has 0 aliphatic carbocycles. The van der Waals surface area contributed by atoms with Gasteiger partial charge in [0.25, 0.3) is 0 Å². The van der Waals surface area contributed by atoms with Gasteiger partial charge in [0.15, 0.2) is 5.82 Å². The molecule has 2 heterocycles. The Balaban J connectivity index is 2.59. The average molecular weight is 178 g/mol. The molecule has 0 bridgehead atoms. The molecule has 2 rings (SSSR count). The number of nitrogen functional groups attached to an aromatic ring is 1. The quantitative estimate of drug-likeness (QED) is 0.708. The Labute approximate surface area is 73.8 Å². The second-order valence-electron chi connectivity index (χ2n) is 2.50. The molecule has 13 heavy (non-hydrogen) atoms. The van der Waals surface area contributed by atoms with Crippen molar-refractivity contribution in [3.8, 4) is 5.69 Å². The first-order valence-electron chi connectivity index (χ1n) is 3.68. The normalized spacial score (nSPS) is 10.2. The fourth-order valence-electron chi connectivity index (χ4n) is 1.03. The predicted molar refractivity (Wildman–Crippen MR) is 45.7 cm³/mol. The maximum absolute atomic E-state index is 12.9. The largest absolute Gasteiger partial charge is 0.395 e. The molecule has 0 amide bonds. The molecule has 0 aliphatic rings. The van der Waals surface area contributed by atoms with Crippen LogP contribution in [0.3, 0.4) is 0 Å². The minimum Gasteiger partial charge on any atom is -0.395 e. The second-order valence-corrected chi connectivity index (χ2v) is 2.50. The van der Waals surface area contributed by atoms with E-state index in [1.54, 1.807) is 18.5 Å². The number of nitrogens with two attached hydrogens (primary N) is 1. The van der Waals surface area contributed by atoms with Crippen LogP contribution < -0.4 is 5.73 Å². The number of halogens is 1. The number of hydrogen-bond acceptors (Lipinski definition) is 3. The second kappa shape index (κ2) is 2.85. The Hall–Kier alpha value is -1.91. The van der Waals surface area contributed by atoms with Gasteiger partial charge in [0.2, 0.25) is 0 Å². The number of anilines is 1. The van der Waals surface area contributed by atoms with Gasteiger partial charge in [-0.25, -0.2) is 9.07 Å². The third kappa shape index (κ3) is 1.24. The van der Waals surface area contributed by atoms with Crippen LogP contribution in [0.2, 0.25) is 0 Å². The first kappa shape index (κ1) is 7.72. The maximum Gasteiger partial charge on any atom is 0.166 e. The highest BCUT2D eigenvalue weighted by atomic mass is 19.1. The van der Waals surface area contributed by atoms with Crippen LogP contribution >= 0.6 is 0 Å². The zero-order valence-electron chi connectivity index (χ0n) is 6.68. The van der Waals surface area contributed by atoms with Gasteiger partial charge < -0.3 is 5.73 Å². The van der Waals surface area contributed by atoms with Gasteiger partial charge in [-0.1, -0.05) is 0 Å². The van der Waals surface area contributed by atoms with Crippen LogP contribution in [0.15, 0.2) is 30.9 Å². The topological polar surface area (TPSA) is 56.7 Å². The smallest absolute Gasteiger partial charge is 0.166 e. The number of hydrogen-bond donors (Lipinski definition) is 1. The van der Waals surface area contributed by atoms with Gasteiger partial charge in [-0.15, -0.1) is 0 Å². The summed E-state index contributed by atoms with van der Waals surface area (Å²) in [5.41, 5.74) is 6.00. The molecule has 0 unspecified atom stereocenters.